The number of sulfone groups is 1. The molecule has 2 aromatic rings. The Kier molecular flexibility index (Phi) is 4.39. The highest BCUT2D eigenvalue weighted by Gasteiger charge is 2.75. The molecule has 3 rings (SSSR count). The summed E-state index contributed by atoms with van der Waals surface area (Å²) < 4.78 is 26.1. The number of carboxylic acids is 1. The maximum absolute atomic E-state index is 13.0. The minimum absolute atomic E-state index is 0.0479. The Labute approximate surface area is 150 Å². The Morgan fingerprint density at radius 1 is 1.20 bits per heavy atom. The Morgan fingerprint density at radius 3 is 2.36 bits per heavy atom. The van der Waals surface area contributed by atoms with Gasteiger partial charge in [-0.25, -0.2) is 8.42 Å². The Hall–Kier alpha value is -1.89. The molecule has 1 saturated carbocycles. The number of hydrogen-bond acceptors (Lipinski definition) is 4. The van der Waals surface area contributed by atoms with Crippen LogP contribution < -0.4 is 0 Å². The van der Waals surface area contributed by atoms with Gasteiger partial charge in [0.2, 0.25) is 0 Å². The molecule has 0 radical (unpaired) electrons. The Bertz CT molecular complexity index is 923. The maximum Gasteiger partial charge on any atom is 0.314 e. The summed E-state index contributed by atoms with van der Waals surface area (Å²) in [5, 5.41) is 18.6. The number of carboxylic acid groups (broad SMARTS) is 1. The van der Waals surface area contributed by atoms with Crippen LogP contribution in [0.1, 0.15) is 17.0 Å². The fourth-order valence-corrected chi connectivity index (χ4v) is 5.98. The predicted octanol–water partition coefficient (Wildman–Crippen LogP) is 2.65. The summed E-state index contributed by atoms with van der Waals surface area (Å²) in [6.45, 7) is 1.06. The van der Waals surface area contributed by atoms with E-state index in [9.17, 15) is 23.4 Å². The summed E-state index contributed by atoms with van der Waals surface area (Å²) in [6.07, 6.45) is 0. The lowest BCUT2D eigenvalue weighted by molar-refractivity contribution is -0.145. The molecule has 3 atom stereocenters. The zero-order chi connectivity index (χ0) is 18.4. The maximum atomic E-state index is 13.0. The average molecular weight is 381 g/mol. The van der Waals surface area contributed by atoms with E-state index in [-0.39, 0.29) is 4.90 Å². The van der Waals surface area contributed by atoms with Gasteiger partial charge in [-0.1, -0.05) is 41.4 Å². The minimum atomic E-state index is -3.94. The van der Waals surface area contributed by atoms with Crippen LogP contribution in [-0.2, 0) is 14.6 Å². The van der Waals surface area contributed by atoms with Crippen LogP contribution >= 0.6 is 11.6 Å². The zero-order valence-corrected chi connectivity index (χ0v) is 15.0. The van der Waals surface area contributed by atoms with Gasteiger partial charge in [-0.2, -0.15) is 0 Å². The third kappa shape index (κ3) is 2.74. The molecule has 2 N–H and O–H groups in total. The molecule has 0 spiro atoms. The molecule has 0 bridgehead atoms. The van der Waals surface area contributed by atoms with E-state index < -0.39 is 39.0 Å². The van der Waals surface area contributed by atoms with E-state index in [1.807, 2.05) is 6.92 Å². The molecule has 0 saturated heterocycles. The smallest absolute Gasteiger partial charge is 0.314 e. The zero-order valence-electron chi connectivity index (χ0n) is 13.4. The number of rotatable bonds is 5. The number of halogens is 1. The summed E-state index contributed by atoms with van der Waals surface area (Å²) in [5.74, 6) is -2.19. The molecule has 5 nitrogen and oxygen atoms in total. The SMILES string of the molecule is Cc1ccc(S(=O)(=O)[C@@H]2[C@@H](c3cccc(Cl)c3)[C@]2(CO)C(=O)O)cc1. The van der Waals surface area contributed by atoms with Crippen LogP contribution in [-0.4, -0.2) is 36.5 Å². The van der Waals surface area contributed by atoms with Gasteiger partial charge in [0.15, 0.2) is 9.84 Å². The number of aryl methyl sites for hydroxylation is 1. The van der Waals surface area contributed by atoms with Crippen LogP contribution in [0, 0.1) is 12.3 Å². The lowest BCUT2D eigenvalue weighted by Crippen LogP contribution is -2.27. The third-order valence-corrected chi connectivity index (χ3v) is 7.33. The number of aliphatic hydroxyl groups is 1. The van der Waals surface area contributed by atoms with Gasteiger partial charge in [-0.3, -0.25) is 4.79 Å². The lowest BCUT2D eigenvalue weighted by Gasteiger charge is -2.09. The summed E-state index contributed by atoms with van der Waals surface area (Å²) >= 11 is 5.97. The van der Waals surface area contributed by atoms with E-state index in [0.29, 0.717) is 10.6 Å². The highest BCUT2D eigenvalue weighted by molar-refractivity contribution is 7.92. The van der Waals surface area contributed by atoms with Crippen molar-refractivity contribution in [3.05, 3.63) is 64.7 Å². The fraction of sp³-hybridized carbons (Fsp3) is 0.278. The first-order chi connectivity index (χ1) is 11.7. The van der Waals surface area contributed by atoms with Crippen LogP contribution in [0.3, 0.4) is 0 Å². The van der Waals surface area contributed by atoms with Crippen molar-refractivity contribution in [3.8, 4) is 0 Å². The number of carbonyl (C=O) groups is 1. The second-order valence-electron chi connectivity index (χ2n) is 6.31. The Balaban J connectivity index is 2.12. The molecule has 1 aliphatic carbocycles. The first-order valence-corrected chi connectivity index (χ1v) is 9.58. The van der Waals surface area contributed by atoms with Crippen molar-refractivity contribution in [2.75, 3.05) is 6.61 Å². The van der Waals surface area contributed by atoms with Gasteiger partial charge in [-0.05, 0) is 36.8 Å². The normalized spacial score (nSPS) is 25.6. The van der Waals surface area contributed by atoms with Crippen molar-refractivity contribution >= 4 is 27.4 Å². The van der Waals surface area contributed by atoms with Gasteiger partial charge in [-0.15, -0.1) is 0 Å². The van der Waals surface area contributed by atoms with Crippen molar-refractivity contribution in [1.82, 2.24) is 0 Å². The highest BCUT2D eigenvalue weighted by Crippen LogP contribution is 2.64. The summed E-state index contributed by atoms with van der Waals surface area (Å²) in [5.41, 5.74) is -0.383. The van der Waals surface area contributed by atoms with E-state index in [1.165, 1.54) is 12.1 Å². The van der Waals surface area contributed by atoms with Crippen molar-refractivity contribution in [1.29, 1.82) is 0 Å². The monoisotopic (exact) mass is 380 g/mol. The van der Waals surface area contributed by atoms with Crippen molar-refractivity contribution in [2.45, 2.75) is 23.0 Å². The number of hydrogen-bond donors (Lipinski definition) is 2. The summed E-state index contributed by atoms with van der Waals surface area (Å²) in [4.78, 5) is 11.9. The second kappa shape index (κ2) is 6.12. The van der Waals surface area contributed by atoms with E-state index >= 15 is 0 Å². The molecule has 1 fully saturated rings. The van der Waals surface area contributed by atoms with Crippen molar-refractivity contribution in [2.24, 2.45) is 5.41 Å². The first-order valence-electron chi connectivity index (χ1n) is 7.65. The van der Waals surface area contributed by atoms with Crippen LogP contribution in [0.25, 0.3) is 0 Å². The average Bonchev–Trinajstić information content (AvgIpc) is 3.27. The molecule has 1 aliphatic rings. The first kappa shape index (κ1) is 17.9. The number of aliphatic carboxylic acids is 1. The summed E-state index contributed by atoms with van der Waals surface area (Å²) in [7, 11) is -3.94. The molecule has 2 aromatic carbocycles. The minimum Gasteiger partial charge on any atom is -0.481 e. The van der Waals surface area contributed by atoms with E-state index in [1.54, 1.807) is 36.4 Å². The van der Waals surface area contributed by atoms with E-state index in [4.69, 9.17) is 11.6 Å². The molecule has 7 heteroatoms. The molecule has 25 heavy (non-hydrogen) atoms. The van der Waals surface area contributed by atoms with Gasteiger partial charge in [0.05, 0.1) is 16.8 Å². The number of aliphatic hydroxyl groups excluding tert-OH is 1. The quantitative estimate of drug-likeness (QED) is 0.832. The van der Waals surface area contributed by atoms with Crippen LogP contribution in [0.4, 0.5) is 0 Å². The van der Waals surface area contributed by atoms with E-state index in [2.05, 4.69) is 0 Å². The van der Waals surface area contributed by atoms with Crippen LogP contribution in [0.5, 0.6) is 0 Å². The fourth-order valence-electron chi connectivity index (χ4n) is 3.42. The highest BCUT2D eigenvalue weighted by atomic mass is 35.5. The van der Waals surface area contributed by atoms with Crippen LogP contribution in [0.2, 0.25) is 5.02 Å². The van der Waals surface area contributed by atoms with Gasteiger partial charge in [0.1, 0.15) is 5.41 Å². The molecule has 0 aliphatic heterocycles. The molecular weight excluding hydrogens is 364 g/mol. The number of benzene rings is 2. The second-order valence-corrected chi connectivity index (χ2v) is 8.82. The topological polar surface area (TPSA) is 91.7 Å². The largest absolute Gasteiger partial charge is 0.481 e. The van der Waals surface area contributed by atoms with Gasteiger partial charge in [0.25, 0.3) is 0 Å². The van der Waals surface area contributed by atoms with Crippen LogP contribution in [0.15, 0.2) is 53.4 Å². The van der Waals surface area contributed by atoms with Gasteiger partial charge < -0.3 is 10.2 Å². The van der Waals surface area contributed by atoms with E-state index in [0.717, 1.165) is 5.56 Å². The molecule has 0 unspecified atom stereocenters. The molecule has 132 valence electrons. The van der Waals surface area contributed by atoms with Gasteiger partial charge >= 0.3 is 5.97 Å². The van der Waals surface area contributed by atoms with Gasteiger partial charge in [0, 0.05) is 10.9 Å². The predicted molar refractivity (Wildman–Crippen MR) is 93.5 cm³/mol. The molecule has 0 amide bonds. The summed E-state index contributed by atoms with van der Waals surface area (Å²) in [6, 6.07) is 12.7. The standard InChI is InChI=1S/C18H17ClO5S/c1-11-5-7-14(8-6-11)25(23,24)16-15(18(16,10-20)17(21)22)12-3-2-4-13(19)9-12/h2-9,15-16,20H,10H2,1H3,(H,21,22)/t15-,16-,18+/m1/s1. The van der Waals surface area contributed by atoms with Crippen molar-refractivity contribution in [3.63, 3.8) is 0 Å². The Morgan fingerprint density at radius 2 is 1.84 bits per heavy atom. The molecular formula is C18H17ClO5S. The lowest BCUT2D eigenvalue weighted by atomic mass is 10.0. The third-order valence-electron chi connectivity index (χ3n) is 4.81. The molecule has 0 heterocycles. The van der Waals surface area contributed by atoms with Crippen molar-refractivity contribution < 1.29 is 23.4 Å². The molecule has 0 aromatic heterocycles.